The Labute approximate surface area is 105 Å². The first kappa shape index (κ1) is 12.3. The Hall–Kier alpha value is -2.18. The molecule has 2 aromatic heterocycles. The number of nitrogens with one attached hydrogen (secondary N) is 2. The molecular formula is C11H16N6O. The summed E-state index contributed by atoms with van der Waals surface area (Å²) in [7, 11) is 0. The van der Waals surface area contributed by atoms with Crippen LogP contribution in [0.2, 0.25) is 0 Å². The van der Waals surface area contributed by atoms with E-state index in [0.717, 1.165) is 24.3 Å². The van der Waals surface area contributed by atoms with E-state index < -0.39 is 0 Å². The monoisotopic (exact) mass is 248 g/mol. The Morgan fingerprint density at radius 2 is 2.17 bits per heavy atom. The summed E-state index contributed by atoms with van der Waals surface area (Å²) in [5, 5.41) is 10.0. The highest BCUT2D eigenvalue weighted by molar-refractivity contribution is 5.46. The normalized spacial score (nSPS) is 10.3. The zero-order valence-corrected chi connectivity index (χ0v) is 10.5. The minimum atomic E-state index is 0.474. The Kier molecular flexibility index (Phi) is 4.06. The van der Waals surface area contributed by atoms with Gasteiger partial charge < -0.3 is 15.2 Å². The predicted octanol–water partition coefficient (Wildman–Crippen LogP) is 1.60. The SMILES string of the molecule is CCCNc1ncc(C)c(NCc2ncon2)n1. The molecule has 0 atom stereocenters. The lowest BCUT2D eigenvalue weighted by Crippen LogP contribution is -2.09. The first-order valence-corrected chi connectivity index (χ1v) is 5.86. The van der Waals surface area contributed by atoms with E-state index in [1.807, 2.05) is 6.92 Å². The van der Waals surface area contributed by atoms with Crippen molar-refractivity contribution in [1.29, 1.82) is 0 Å². The molecule has 0 saturated heterocycles. The maximum absolute atomic E-state index is 4.66. The fourth-order valence-electron chi connectivity index (χ4n) is 1.38. The molecular weight excluding hydrogens is 232 g/mol. The van der Waals surface area contributed by atoms with Gasteiger partial charge in [0.2, 0.25) is 12.3 Å². The van der Waals surface area contributed by atoms with Gasteiger partial charge in [0, 0.05) is 18.3 Å². The highest BCUT2D eigenvalue weighted by atomic mass is 16.5. The molecule has 2 N–H and O–H groups in total. The molecule has 0 fully saturated rings. The van der Waals surface area contributed by atoms with Gasteiger partial charge in [0.1, 0.15) is 5.82 Å². The molecule has 2 rings (SSSR count). The van der Waals surface area contributed by atoms with Crippen molar-refractivity contribution >= 4 is 11.8 Å². The molecule has 18 heavy (non-hydrogen) atoms. The number of aromatic nitrogens is 4. The molecule has 7 heteroatoms. The maximum atomic E-state index is 4.66. The summed E-state index contributed by atoms with van der Waals surface area (Å²) >= 11 is 0. The van der Waals surface area contributed by atoms with E-state index in [9.17, 15) is 0 Å². The molecule has 0 aromatic carbocycles. The molecule has 0 aliphatic carbocycles. The second-order valence-electron chi connectivity index (χ2n) is 3.85. The third-order valence-corrected chi connectivity index (χ3v) is 2.33. The van der Waals surface area contributed by atoms with Crippen LogP contribution >= 0.6 is 0 Å². The average Bonchev–Trinajstić information content (AvgIpc) is 2.89. The van der Waals surface area contributed by atoms with Crippen molar-refractivity contribution in [2.45, 2.75) is 26.8 Å². The van der Waals surface area contributed by atoms with Gasteiger partial charge in [0.05, 0.1) is 6.54 Å². The Balaban J connectivity index is 2.01. The zero-order valence-electron chi connectivity index (χ0n) is 10.5. The highest BCUT2D eigenvalue weighted by Gasteiger charge is 2.05. The van der Waals surface area contributed by atoms with Crippen LogP contribution in [0.5, 0.6) is 0 Å². The van der Waals surface area contributed by atoms with Gasteiger partial charge in [0.25, 0.3) is 0 Å². The second-order valence-corrected chi connectivity index (χ2v) is 3.85. The van der Waals surface area contributed by atoms with Crippen molar-refractivity contribution in [3.63, 3.8) is 0 Å². The van der Waals surface area contributed by atoms with Crippen LogP contribution in [0, 0.1) is 6.92 Å². The second kappa shape index (κ2) is 5.95. The highest BCUT2D eigenvalue weighted by Crippen LogP contribution is 2.13. The van der Waals surface area contributed by atoms with Crippen LogP contribution in [0.1, 0.15) is 24.7 Å². The van der Waals surface area contributed by atoms with Gasteiger partial charge in [-0.1, -0.05) is 12.1 Å². The van der Waals surface area contributed by atoms with E-state index >= 15 is 0 Å². The van der Waals surface area contributed by atoms with Crippen LogP contribution in [-0.2, 0) is 6.54 Å². The van der Waals surface area contributed by atoms with E-state index in [0.29, 0.717) is 18.3 Å². The van der Waals surface area contributed by atoms with Gasteiger partial charge in [-0.2, -0.15) is 9.97 Å². The standard InChI is InChI=1S/C11H16N6O/c1-3-4-12-11-14-5-8(2)10(16-11)13-6-9-15-7-18-17-9/h5,7H,3-4,6H2,1-2H3,(H2,12,13,14,16). The maximum Gasteiger partial charge on any atom is 0.224 e. The van der Waals surface area contributed by atoms with Crippen molar-refractivity contribution < 1.29 is 4.52 Å². The summed E-state index contributed by atoms with van der Waals surface area (Å²) in [6, 6.07) is 0. The van der Waals surface area contributed by atoms with E-state index in [1.165, 1.54) is 6.39 Å². The third-order valence-electron chi connectivity index (χ3n) is 2.33. The van der Waals surface area contributed by atoms with Crippen molar-refractivity contribution in [3.8, 4) is 0 Å². The van der Waals surface area contributed by atoms with Gasteiger partial charge in [-0.15, -0.1) is 0 Å². The lowest BCUT2D eigenvalue weighted by molar-refractivity contribution is 0.411. The molecule has 0 spiro atoms. The van der Waals surface area contributed by atoms with Crippen LogP contribution in [0.15, 0.2) is 17.1 Å². The first-order valence-electron chi connectivity index (χ1n) is 5.86. The molecule has 0 radical (unpaired) electrons. The van der Waals surface area contributed by atoms with E-state index in [-0.39, 0.29) is 0 Å². The van der Waals surface area contributed by atoms with Crippen molar-refractivity contribution in [3.05, 3.63) is 24.0 Å². The third kappa shape index (κ3) is 3.16. The molecule has 0 amide bonds. The van der Waals surface area contributed by atoms with Crippen LogP contribution in [0.4, 0.5) is 11.8 Å². The number of rotatable bonds is 6. The van der Waals surface area contributed by atoms with Gasteiger partial charge in [-0.25, -0.2) is 4.98 Å². The molecule has 0 aliphatic rings. The van der Waals surface area contributed by atoms with Crippen LogP contribution in [-0.4, -0.2) is 26.7 Å². The summed E-state index contributed by atoms with van der Waals surface area (Å²) in [6.45, 7) is 5.37. The summed E-state index contributed by atoms with van der Waals surface area (Å²) in [4.78, 5) is 12.5. The average molecular weight is 248 g/mol. The summed E-state index contributed by atoms with van der Waals surface area (Å²) < 4.78 is 4.66. The lowest BCUT2D eigenvalue weighted by Gasteiger charge is -2.09. The minimum Gasteiger partial charge on any atom is -0.362 e. The van der Waals surface area contributed by atoms with Crippen LogP contribution in [0.25, 0.3) is 0 Å². The minimum absolute atomic E-state index is 0.474. The van der Waals surface area contributed by atoms with E-state index in [1.54, 1.807) is 6.20 Å². The predicted molar refractivity (Wildman–Crippen MR) is 67.2 cm³/mol. The number of aryl methyl sites for hydroxylation is 1. The van der Waals surface area contributed by atoms with E-state index in [2.05, 4.69) is 42.2 Å². The largest absolute Gasteiger partial charge is 0.362 e. The fourth-order valence-corrected chi connectivity index (χ4v) is 1.38. The van der Waals surface area contributed by atoms with Gasteiger partial charge in [-0.05, 0) is 13.3 Å². The smallest absolute Gasteiger partial charge is 0.224 e. The number of hydrogen-bond donors (Lipinski definition) is 2. The summed E-state index contributed by atoms with van der Waals surface area (Å²) in [5.41, 5.74) is 0.973. The van der Waals surface area contributed by atoms with E-state index in [4.69, 9.17) is 0 Å². The Morgan fingerprint density at radius 1 is 1.28 bits per heavy atom. The number of nitrogens with zero attached hydrogens (tertiary/aromatic N) is 4. The first-order chi connectivity index (χ1) is 8.79. The Bertz CT molecular complexity index is 484. The lowest BCUT2D eigenvalue weighted by atomic mass is 10.3. The molecule has 2 heterocycles. The molecule has 0 unspecified atom stereocenters. The van der Waals surface area contributed by atoms with Crippen molar-refractivity contribution in [2.24, 2.45) is 0 Å². The number of anilines is 2. The Morgan fingerprint density at radius 3 is 2.89 bits per heavy atom. The molecule has 0 aliphatic heterocycles. The molecule has 0 saturated carbocycles. The van der Waals surface area contributed by atoms with Gasteiger partial charge >= 0.3 is 0 Å². The van der Waals surface area contributed by atoms with Crippen LogP contribution < -0.4 is 10.6 Å². The quantitative estimate of drug-likeness (QED) is 0.802. The van der Waals surface area contributed by atoms with Gasteiger partial charge in [0.15, 0.2) is 5.82 Å². The topological polar surface area (TPSA) is 88.8 Å². The van der Waals surface area contributed by atoms with Crippen molar-refractivity contribution in [1.82, 2.24) is 20.1 Å². The van der Waals surface area contributed by atoms with Crippen LogP contribution in [0.3, 0.4) is 0 Å². The zero-order chi connectivity index (χ0) is 12.8. The molecule has 96 valence electrons. The van der Waals surface area contributed by atoms with Gasteiger partial charge in [-0.3, -0.25) is 0 Å². The number of hydrogen-bond acceptors (Lipinski definition) is 7. The fraction of sp³-hybridized carbons (Fsp3) is 0.455. The molecule has 7 nitrogen and oxygen atoms in total. The molecule has 2 aromatic rings. The summed E-state index contributed by atoms with van der Waals surface area (Å²) in [5.74, 6) is 1.99. The summed E-state index contributed by atoms with van der Waals surface area (Å²) in [6.07, 6.45) is 4.12. The van der Waals surface area contributed by atoms with Crippen molar-refractivity contribution in [2.75, 3.05) is 17.2 Å². The molecule has 0 bridgehead atoms.